The number of hydrogen-bond donors (Lipinski definition) is 1. The second-order valence-corrected chi connectivity index (χ2v) is 19.0. The molecule has 0 radical (unpaired) electrons. The first-order valence-electron chi connectivity index (χ1n) is 26.1. The van der Waals surface area contributed by atoms with Crippen molar-refractivity contribution in [3.05, 3.63) is 24.3 Å². The van der Waals surface area contributed by atoms with Gasteiger partial charge in [-0.05, 0) is 51.9 Å². The molecule has 2 atom stereocenters. The number of ether oxygens (including phenoxy) is 2. The smallest absolute Gasteiger partial charge is 0.462 e. The molecular weight excluding hydrogens is 784 g/mol. The Morgan fingerprint density at radius 1 is 0.443 bits per heavy atom. The highest BCUT2D eigenvalue weighted by molar-refractivity contribution is 7.47. The number of unbranched alkanes of at least 4 members (excludes halogenated alkanes) is 33. The molecule has 0 fully saturated rings. The summed E-state index contributed by atoms with van der Waals surface area (Å²) in [5.74, 6) is -0.792. The van der Waals surface area contributed by atoms with Gasteiger partial charge in [0.05, 0.1) is 13.2 Å². The van der Waals surface area contributed by atoms with Gasteiger partial charge in [-0.3, -0.25) is 18.6 Å². The first-order chi connectivity index (χ1) is 29.8. The number of hydrogen-bond acceptors (Lipinski definition) is 7. The van der Waals surface area contributed by atoms with Gasteiger partial charge in [-0.15, -0.1) is 0 Å². The Morgan fingerprint density at radius 2 is 0.787 bits per heavy atom. The van der Waals surface area contributed by atoms with Crippen LogP contribution in [0.3, 0.4) is 0 Å². The summed E-state index contributed by atoms with van der Waals surface area (Å²) in [5.41, 5.74) is 0. The molecule has 0 aromatic carbocycles. The van der Waals surface area contributed by atoms with Crippen LogP contribution in [0.4, 0.5) is 0 Å². The quantitative estimate of drug-likeness (QED) is 0.0279. The molecule has 0 spiro atoms. The van der Waals surface area contributed by atoms with E-state index in [1.165, 1.54) is 180 Å². The lowest BCUT2D eigenvalue weighted by Gasteiger charge is -2.19. The maximum Gasteiger partial charge on any atom is 0.472 e. The molecule has 360 valence electrons. The van der Waals surface area contributed by atoms with Crippen molar-refractivity contribution >= 4 is 19.8 Å². The number of esters is 2. The molecule has 61 heavy (non-hydrogen) atoms. The van der Waals surface area contributed by atoms with Crippen LogP contribution >= 0.6 is 7.82 Å². The highest BCUT2D eigenvalue weighted by Crippen LogP contribution is 2.43. The molecule has 9 heteroatoms. The Morgan fingerprint density at radius 3 is 1.20 bits per heavy atom. The molecule has 0 saturated heterocycles. The second kappa shape index (κ2) is 48.0. The molecule has 0 aromatic heterocycles. The zero-order valence-electron chi connectivity index (χ0n) is 40.3. The summed E-state index contributed by atoms with van der Waals surface area (Å²) in [4.78, 5) is 34.9. The molecule has 0 rings (SSSR count). The lowest BCUT2D eigenvalue weighted by atomic mass is 10.0. The lowest BCUT2D eigenvalue weighted by Crippen LogP contribution is -2.29. The van der Waals surface area contributed by atoms with Crippen LogP contribution in [0.5, 0.6) is 0 Å². The van der Waals surface area contributed by atoms with Crippen molar-refractivity contribution in [1.29, 1.82) is 0 Å². The first-order valence-corrected chi connectivity index (χ1v) is 27.6. The summed E-state index contributed by atoms with van der Waals surface area (Å²) >= 11 is 0. The van der Waals surface area contributed by atoms with Gasteiger partial charge in [-0.1, -0.05) is 231 Å². The average Bonchev–Trinajstić information content (AvgIpc) is 3.24. The number of rotatable bonds is 49. The molecule has 0 heterocycles. The zero-order valence-corrected chi connectivity index (χ0v) is 41.2. The van der Waals surface area contributed by atoms with Crippen LogP contribution in [-0.2, 0) is 32.7 Å². The van der Waals surface area contributed by atoms with Crippen LogP contribution in [-0.4, -0.2) is 42.8 Å². The van der Waals surface area contributed by atoms with Gasteiger partial charge in [0, 0.05) is 12.8 Å². The van der Waals surface area contributed by atoms with E-state index in [4.69, 9.17) is 18.5 Å². The summed E-state index contributed by atoms with van der Waals surface area (Å²) in [7, 11) is -4.28. The van der Waals surface area contributed by atoms with Crippen molar-refractivity contribution in [2.75, 3.05) is 19.8 Å². The van der Waals surface area contributed by atoms with Gasteiger partial charge < -0.3 is 14.4 Å². The van der Waals surface area contributed by atoms with Crippen molar-refractivity contribution in [3.63, 3.8) is 0 Å². The molecular formula is C52H99O8P. The van der Waals surface area contributed by atoms with Crippen molar-refractivity contribution in [2.24, 2.45) is 0 Å². The molecule has 1 N–H and O–H groups in total. The highest BCUT2D eigenvalue weighted by Gasteiger charge is 2.25. The van der Waals surface area contributed by atoms with Gasteiger partial charge in [0.15, 0.2) is 6.10 Å². The Balaban J connectivity index is 3.91. The van der Waals surface area contributed by atoms with E-state index in [0.717, 1.165) is 51.4 Å². The van der Waals surface area contributed by atoms with E-state index in [2.05, 4.69) is 38.2 Å². The van der Waals surface area contributed by atoms with Gasteiger partial charge in [-0.2, -0.15) is 0 Å². The summed E-state index contributed by atoms with van der Waals surface area (Å²) in [6, 6.07) is 0. The van der Waals surface area contributed by atoms with Crippen LogP contribution in [0.1, 0.15) is 271 Å². The van der Waals surface area contributed by atoms with Gasteiger partial charge in [0.1, 0.15) is 6.61 Å². The van der Waals surface area contributed by atoms with Crippen molar-refractivity contribution < 1.29 is 37.6 Å². The van der Waals surface area contributed by atoms with Gasteiger partial charge in [-0.25, -0.2) is 4.57 Å². The Labute approximate surface area is 377 Å². The highest BCUT2D eigenvalue weighted by atomic mass is 31.2. The van der Waals surface area contributed by atoms with Gasteiger partial charge in [0.25, 0.3) is 0 Å². The summed E-state index contributed by atoms with van der Waals surface area (Å²) in [6.45, 7) is 5.50. The largest absolute Gasteiger partial charge is 0.472 e. The summed E-state index contributed by atoms with van der Waals surface area (Å²) in [5, 5.41) is 0. The second-order valence-electron chi connectivity index (χ2n) is 17.5. The summed E-state index contributed by atoms with van der Waals surface area (Å²) < 4.78 is 32.8. The van der Waals surface area contributed by atoms with Crippen molar-refractivity contribution in [1.82, 2.24) is 0 Å². The van der Waals surface area contributed by atoms with E-state index in [1.54, 1.807) is 6.92 Å². The Hall–Kier alpha value is -1.47. The maximum atomic E-state index is 12.6. The van der Waals surface area contributed by atoms with Gasteiger partial charge >= 0.3 is 19.8 Å². The first kappa shape index (κ1) is 59.5. The lowest BCUT2D eigenvalue weighted by molar-refractivity contribution is -0.161. The Kier molecular flexibility index (Phi) is 46.8. The fourth-order valence-corrected chi connectivity index (χ4v) is 8.42. The van der Waals surface area contributed by atoms with E-state index in [9.17, 15) is 19.0 Å². The number of carbonyl (C=O) groups excluding carboxylic acids is 2. The van der Waals surface area contributed by atoms with E-state index in [1.807, 2.05) is 0 Å². The molecule has 0 aliphatic carbocycles. The Bertz CT molecular complexity index is 1050. The van der Waals surface area contributed by atoms with Gasteiger partial charge in [0.2, 0.25) is 0 Å². The van der Waals surface area contributed by atoms with E-state index >= 15 is 0 Å². The maximum absolute atomic E-state index is 12.6. The van der Waals surface area contributed by atoms with Crippen LogP contribution in [0, 0.1) is 0 Å². The number of allylic oxidation sites excluding steroid dienone is 4. The number of phosphoric ester groups is 1. The van der Waals surface area contributed by atoms with Crippen LogP contribution in [0.15, 0.2) is 24.3 Å². The fraction of sp³-hybridized carbons (Fsp3) is 0.885. The molecule has 0 amide bonds. The minimum atomic E-state index is -4.28. The SMILES string of the molecule is CCCCC/C=C\C/C=C\CCCCCCCCCC(=O)OC(COC(=O)CCCCCCCCCCCCCCCCCCCCCCCCCC)COP(=O)(O)OCC. The van der Waals surface area contributed by atoms with Crippen molar-refractivity contribution in [3.8, 4) is 0 Å². The van der Waals surface area contributed by atoms with E-state index < -0.39 is 26.5 Å². The molecule has 0 aliphatic rings. The van der Waals surface area contributed by atoms with E-state index in [-0.39, 0.29) is 25.6 Å². The number of phosphoric acid groups is 1. The summed E-state index contributed by atoms with van der Waals surface area (Å²) in [6.07, 6.45) is 55.3. The zero-order chi connectivity index (χ0) is 44.6. The van der Waals surface area contributed by atoms with Crippen LogP contribution < -0.4 is 0 Å². The third kappa shape index (κ3) is 47.8. The monoisotopic (exact) mass is 883 g/mol. The topological polar surface area (TPSA) is 108 Å². The minimum absolute atomic E-state index is 0.000972. The molecule has 0 aliphatic heterocycles. The third-order valence-corrected chi connectivity index (χ3v) is 12.6. The normalized spacial score (nSPS) is 13.3. The van der Waals surface area contributed by atoms with Crippen LogP contribution in [0.25, 0.3) is 0 Å². The average molecular weight is 883 g/mol. The number of carbonyl (C=O) groups is 2. The molecule has 0 aromatic rings. The van der Waals surface area contributed by atoms with Crippen molar-refractivity contribution in [2.45, 2.75) is 277 Å². The molecule has 8 nitrogen and oxygen atoms in total. The van der Waals surface area contributed by atoms with E-state index in [0.29, 0.717) is 12.8 Å². The minimum Gasteiger partial charge on any atom is -0.462 e. The molecule has 0 saturated carbocycles. The standard InChI is InChI=1S/C52H99O8P/c1-4-7-9-11-13-15-17-19-21-23-24-25-26-27-28-29-31-32-34-36-38-40-42-44-46-51(53)57-48-50(49-59-61(55,56)58-6-3)60-52(54)47-45-43-41-39-37-35-33-30-22-20-18-16-14-12-10-8-5-2/h14,16,20,22,50H,4-13,15,17-19,21,23-49H2,1-3H3,(H,55,56)/b16-14-,22-20-. The predicted octanol–water partition coefficient (Wildman–Crippen LogP) is 17.0. The van der Waals surface area contributed by atoms with Crippen LogP contribution in [0.2, 0.25) is 0 Å². The molecule has 0 bridgehead atoms. The fourth-order valence-electron chi connectivity index (χ4n) is 7.66. The molecule has 2 unspecified atom stereocenters. The predicted molar refractivity (Wildman–Crippen MR) is 258 cm³/mol. The third-order valence-electron chi connectivity index (χ3n) is 11.5.